The number of nitrogens with one attached hydrogen (secondary N) is 1. The second kappa shape index (κ2) is 5.65. The van der Waals surface area contributed by atoms with Crippen LogP contribution in [-0.4, -0.2) is 41.0 Å². The Labute approximate surface area is 122 Å². The van der Waals surface area contributed by atoms with Crippen LogP contribution in [0.3, 0.4) is 0 Å². The number of nitro groups is 1. The number of non-ortho nitro benzene ring substituents is 1. The summed E-state index contributed by atoms with van der Waals surface area (Å²) >= 11 is 0. The first-order chi connectivity index (χ1) is 10.1. The number of pyridine rings is 1. The van der Waals surface area contributed by atoms with Crippen molar-refractivity contribution in [1.82, 2.24) is 9.88 Å². The zero-order valence-electron chi connectivity index (χ0n) is 12.0. The number of aromatic nitrogens is 1. The molecule has 1 unspecified atom stereocenters. The van der Waals surface area contributed by atoms with E-state index in [1.54, 1.807) is 30.6 Å². The highest BCUT2D eigenvalue weighted by Crippen LogP contribution is 2.31. The molecule has 0 bridgehead atoms. The lowest BCUT2D eigenvalue weighted by Crippen LogP contribution is -2.39. The Balaban J connectivity index is 1.96. The number of hydrogen-bond acceptors (Lipinski definition) is 5. The third kappa shape index (κ3) is 2.80. The van der Waals surface area contributed by atoms with Crippen molar-refractivity contribution in [3.05, 3.63) is 40.7 Å². The smallest absolute Gasteiger partial charge is 0.277 e. The molecule has 0 saturated carbocycles. The second-order valence-electron chi connectivity index (χ2n) is 5.56. The quantitative estimate of drug-likeness (QED) is 0.693. The highest BCUT2D eigenvalue weighted by Gasteiger charge is 2.19. The Kier molecular flexibility index (Phi) is 3.70. The zero-order chi connectivity index (χ0) is 14.8. The van der Waals surface area contributed by atoms with E-state index in [0.29, 0.717) is 11.4 Å². The molecule has 3 rings (SSSR count). The molecule has 21 heavy (non-hydrogen) atoms. The third-order valence-corrected chi connectivity index (χ3v) is 3.98. The Morgan fingerprint density at radius 2 is 2.24 bits per heavy atom. The van der Waals surface area contributed by atoms with Crippen molar-refractivity contribution in [1.29, 1.82) is 0 Å². The average molecular weight is 286 g/mol. The zero-order valence-corrected chi connectivity index (χ0v) is 12.0. The molecule has 1 aromatic carbocycles. The van der Waals surface area contributed by atoms with Crippen LogP contribution in [0.1, 0.15) is 12.8 Å². The van der Waals surface area contributed by atoms with Gasteiger partial charge in [-0.2, -0.15) is 0 Å². The summed E-state index contributed by atoms with van der Waals surface area (Å²) in [5, 5.41) is 16.1. The lowest BCUT2D eigenvalue weighted by molar-refractivity contribution is -0.383. The van der Waals surface area contributed by atoms with E-state index in [0.717, 1.165) is 37.0 Å². The maximum absolute atomic E-state index is 11.1. The fraction of sp³-hybridized carbons (Fsp3) is 0.400. The van der Waals surface area contributed by atoms with Crippen LogP contribution in [0, 0.1) is 10.1 Å². The SMILES string of the molecule is CN1CCCC(Nc2ccc([N+](=O)[O-])c3ccncc23)C1. The summed E-state index contributed by atoms with van der Waals surface area (Å²) in [4.78, 5) is 17.2. The first-order valence-corrected chi connectivity index (χ1v) is 7.11. The van der Waals surface area contributed by atoms with Crippen LogP contribution in [0.2, 0.25) is 0 Å². The summed E-state index contributed by atoms with van der Waals surface area (Å²) in [7, 11) is 2.11. The molecule has 110 valence electrons. The summed E-state index contributed by atoms with van der Waals surface area (Å²) < 4.78 is 0. The minimum Gasteiger partial charge on any atom is -0.380 e. The molecule has 0 radical (unpaired) electrons. The first kappa shape index (κ1) is 13.8. The molecule has 0 aliphatic carbocycles. The molecular weight excluding hydrogens is 268 g/mol. The van der Waals surface area contributed by atoms with E-state index in [-0.39, 0.29) is 10.6 Å². The lowest BCUT2D eigenvalue weighted by Gasteiger charge is -2.31. The number of nitrogens with zero attached hydrogens (tertiary/aromatic N) is 3. The van der Waals surface area contributed by atoms with Gasteiger partial charge in [0.2, 0.25) is 0 Å². The van der Waals surface area contributed by atoms with Crippen LogP contribution in [0.15, 0.2) is 30.6 Å². The number of nitro benzene ring substituents is 1. The Morgan fingerprint density at radius 3 is 3.00 bits per heavy atom. The number of hydrogen-bond donors (Lipinski definition) is 1. The topological polar surface area (TPSA) is 71.3 Å². The van der Waals surface area contributed by atoms with Crippen molar-refractivity contribution >= 4 is 22.1 Å². The number of piperidine rings is 1. The molecule has 1 N–H and O–H groups in total. The van der Waals surface area contributed by atoms with E-state index in [1.165, 1.54) is 0 Å². The molecule has 1 aromatic heterocycles. The van der Waals surface area contributed by atoms with Crippen LogP contribution < -0.4 is 5.32 Å². The minimum absolute atomic E-state index is 0.124. The van der Waals surface area contributed by atoms with Gasteiger partial charge in [0.15, 0.2) is 0 Å². The van der Waals surface area contributed by atoms with Gasteiger partial charge in [0, 0.05) is 42.1 Å². The van der Waals surface area contributed by atoms with Crippen molar-refractivity contribution in [3.63, 3.8) is 0 Å². The van der Waals surface area contributed by atoms with E-state index < -0.39 is 0 Å². The molecule has 2 aromatic rings. The predicted molar refractivity (Wildman–Crippen MR) is 82.5 cm³/mol. The van der Waals surface area contributed by atoms with Gasteiger partial charge in [0.25, 0.3) is 5.69 Å². The number of benzene rings is 1. The van der Waals surface area contributed by atoms with Crippen LogP contribution in [0.5, 0.6) is 0 Å². The number of likely N-dealkylation sites (tertiary alicyclic amines) is 1. The summed E-state index contributed by atoms with van der Waals surface area (Å²) in [5.74, 6) is 0. The van der Waals surface area contributed by atoms with Crippen LogP contribution in [0.4, 0.5) is 11.4 Å². The molecule has 1 atom stereocenters. The summed E-state index contributed by atoms with van der Waals surface area (Å²) in [6, 6.07) is 5.42. The maximum Gasteiger partial charge on any atom is 0.277 e. The Morgan fingerprint density at radius 1 is 1.38 bits per heavy atom. The first-order valence-electron chi connectivity index (χ1n) is 7.11. The van der Waals surface area contributed by atoms with E-state index in [2.05, 4.69) is 22.2 Å². The Bertz CT molecular complexity index is 674. The van der Waals surface area contributed by atoms with Gasteiger partial charge in [0.1, 0.15) is 0 Å². The molecule has 1 aliphatic rings. The monoisotopic (exact) mass is 286 g/mol. The van der Waals surface area contributed by atoms with Gasteiger partial charge < -0.3 is 10.2 Å². The van der Waals surface area contributed by atoms with Gasteiger partial charge in [-0.15, -0.1) is 0 Å². The Hall–Kier alpha value is -2.21. The van der Waals surface area contributed by atoms with Crippen LogP contribution in [0.25, 0.3) is 10.8 Å². The highest BCUT2D eigenvalue weighted by molar-refractivity contribution is 5.99. The van der Waals surface area contributed by atoms with Crippen molar-refractivity contribution in [2.75, 3.05) is 25.5 Å². The van der Waals surface area contributed by atoms with E-state index in [4.69, 9.17) is 0 Å². The van der Waals surface area contributed by atoms with Gasteiger partial charge in [-0.1, -0.05) is 0 Å². The van der Waals surface area contributed by atoms with Gasteiger partial charge in [-0.25, -0.2) is 0 Å². The summed E-state index contributed by atoms with van der Waals surface area (Å²) in [5.41, 5.74) is 1.04. The van der Waals surface area contributed by atoms with Gasteiger partial charge in [-0.3, -0.25) is 15.1 Å². The average Bonchev–Trinajstić information content (AvgIpc) is 2.47. The molecule has 1 saturated heterocycles. The fourth-order valence-electron chi connectivity index (χ4n) is 2.96. The van der Waals surface area contributed by atoms with Crippen molar-refractivity contribution in [2.24, 2.45) is 0 Å². The molecular formula is C15H18N4O2. The van der Waals surface area contributed by atoms with E-state index >= 15 is 0 Å². The molecule has 0 amide bonds. The molecule has 6 heteroatoms. The molecule has 1 fully saturated rings. The van der Waals surface area contributed by atoms with E-state index in [1.807, 2.05) is 0 Å². The highest BCUT2D eigenvalue weighted by atomic mass is 16.6. The van der Waals surface area contributed by atoms with Crippen molar-refractivity contribution in [2.45, 2.75) is 18.9 Å². The normalized spacial score (nSPS) is 19.6. The largest absolute Gasteiger partial charge is 0.380 e. The van der Waals surface area contributed by atoms with Crippen molar-refractivity contribution in [3.8, 4) is 0 Å². The standard InChI is InChI=1S/C15H18N4O2/c1-18-8-2-3-11(10-18)17-14-4-5-15(19(20)21)12-6-7-16-9-13(12)14/h4-7,9,11,17H,2-3,8,10H2,1H3. The number of fused-ring (bicyclic) bond motifs is 1. The fourth-order valence-corrected chi connectivity index (χ4v) is 2.96. The number of likely N-dealkylation sites (N-methyl/N-ethyl adjacent to an activating group) is 1. The van der Waals surface area contributed by atoms with Gasteiger partial charge >= 0.3 is 0 Å². The lowest BCUT2D eigenvalue weighted by atomic mass is 10.0. The van der Waals surface area contributed by atoms with E-state index in [9.17, 15) is 10.1 Å². The minimum atomic E-state index is -0.347. The van der Waals surface area contributed by atoms with Crippen molar-refractivity contribution < 1.29 is 4.92 Å². The third-order valence-electron chi connectivity index (χ3n) is 3.98. The maximum atomic E-state index is 11.1. The van der Waals surface area contributed by atoms with Gasteiger partial charge in [-0.05, 0) is 38.6 Å². The summed E-state index contributed by atoms with van der Waals surface area (Å²) in [6.07, 6.45) is 5.56. The van der Waals surface area contributed by atoms with Gasteiger partial charge in [0.05, 0.1) is 10.3 Å². The predicted octanol–water partition coefficient (Wildman–Crippen LogP) is 2.65. The molecule has 1 aliphatic heterocycles. The van der Waals surface area contributed by atoms with Crippen LogP contribution >= 0.6 is 0 Å². The second-order valence-corrected chi connectivity index (χ2v) is 5.56. The number of anilines is 1. The van der Waals surface area contributed by atoms with Crippen LogP contribution in [-0.2, 0) is 0 Å². The summed E-state index contributed by atoms with van der Waals surface area (Å²) in [6.45, 7) is 2.11. The molecule has 2 heterocycles. The number of rotatable bonds is 3. The molecule has 6 nitrogen and oxygen atoms in total. The molecule has 0 spiro atoms.